The number of nitrogens with zero attached hydrogens (tertiary/aromatic N) is 6. The number of alkyl halides is 3. The summed E-state index contributed by atoms with van der Waals surface area (Å²) in [4.78, 5) is 11.8. The van der Waals surface area contributed by atoms with E-state index in [4.69, 9.17) is 4.98 Å². The summed E-state index contributed by atoms with van der Waals surface area (Å²) in [7, 11) is 0. The highest BCUT2D eigenvalue weighted by molar-refractivity contribution is 7.19. The number of rotatable bonds is 4. The molecule has 164 valence electrons. The fourth-order valence-electron chi connectivity index (χ4n) is 4.39. The zero-order chi connectivity index (χ0) is 21.9. The number of aromatic nitrogens is 6. The molecule has 5 rings (SSSR count). The Labute approximate surface area is 181 Å². The molecule has 0 unspecified atom stereocenters. The number of thiophene rings is 1. The van der Waals surface area contributed by atoms with Crippen LogP contribution in [0.2, 0.25) is 0 Å². The average Bonchev–Trinajstić information content (AvgIpc) is 3.41. The molecule has 0 radical (unpaired) electrons. The van der Waals surface area contributed by atoms with E-state index in [0.717, 1.165) is 40.7 Å². The third kappa shape index (κ3) is 3.50. The molecule has 1 aliphatic carbocycles. The van der Waals surface area contributed by atoms with Crippen LogP contribution in [0.1, 0.15) is 60.3 Å². The Morgan fingerprint density at radius 3 is 2.81 bits per heavy atom. The second kappa shape index (κ2) is 7.29. The van der Waals surface area contributed by atoms with Crippen LogP contribution in [-0.2, 0) is 25.6 Å². The zero-order valence-corrected chi connectivity index (χ0v) is 18.4. The van der Waals surface area contributed by atoms with Gasteiger partial charge in [-0.25, -0.2) is 14.5 Å². The lowest BCUT2D eigenvalue weighted by Crippen LogP contribution is -2.12. The molecule has 0 amide bonds. The van der Waals surface area contributed by atoms with Crippen molar-refractivity contribution >= 4 is 27.2 Å². The number of halogens is 3. The lowest BCUT2D eigenvalue weighted by atomic mass is 9.86. The summed E-state index contributed by atoms with van der Waals surface area (Å²) in [6, 6.07) is 1.07. The predicted molar refractivity (Wildman–Crippen MR) is 112 cm³/mol. The van der Waals surface area contributed by atoms with E-state index in [2.05, 4.69) is 22.1 Å². The second-order valence-electron chi connectivity index (χ2n) is 8.44. The van der Waals surface area contributed by atoms with Crippen molar-refractivity contribution in [1.82, 2.24) is 29.4 Å². The monoisotopic (exact) mass is 448 g/mol. The third-order valence-corrected chi connectivity index (χ3v) is 7.40. The summed E-state index contributed by atoms with van der Waals surface area (Å²) >= 11 is 1.75. The lowest BCUT2D eigenvalue weighted by molar-refractivity contribution is -0.141. The van der Waals surface area contributed by atoms with Gasteiger partial charge in [-0.15, -0.1) is 16.4 Å². The molecule has 0 saturated carbocycles. The summed E-state index contributed by atoms with van der Waals surface area (Å²) in [6.45, 7) is 6.04. The minimum atomic E-state index is -4.45. The SMILES string of the molecule is CC[C@@H]1CCc2c(sc3ncn4nc([C@H](C)Cn5nc(C(F)(F)F)cc5C)nc4c23)C1. The summed E-state index contributed by atoms with van der Waals surface area (Å²) < 4.78 is 42.0. The van der Waals surface area contributed by atoms with Crippen molar-refractivity contribution in [2.45, 2.75) is 65.1 Å². The van der Waals surface area contributed by atoms with Crippen molar-refractivity contribution < 1.29 is 13.2 Å². The van der Waals surface area contributed by atoms with E-state index in [1.54, 1.807) is 29.1 Å². The van der Waals surface area contributed by atoms with E-state index in [-0.39, 0.29) is 12.5 Å². The second-order valence-corrected chi connectivity index (χ2v) is 9.52. The van der Waals surface area contributed by atoms with Gasteiger partial charge in [0.25, 0.3) is 0 Å². The van der Waals surface area contributed by atoms with Gasteiger partial charge in [0, 0.05) is 16.5 Å². The molecule has 1 aliphatic rings. The van der Waals surface area contributed by atoms with Crippen LogP contribution in [0.15, 0.2) is 12.4 Å². The Morgan fingerprint density at radius 2 is 2.10 bits per heavy atom. The van der Waals surface area contributed by atoms with E-state index < -0.39 is 11.9 Å². The molecule has 4 heterocycles. The smallest absolute Gasteiger partial charge is 0.269 e. The quantitative estimate of drug-likeness (QED) is 0.432. The van der Waals surface area contributed by atoms with Gasteiger partial charge < -0.3 is 0 Å². The Balaban J connectivity index is 1.49. The maximum absolute atomic E-state index is 13.0. The number of hydrogen-bond donors (Lipinski definition) is 0. The van der Waals surface area contributed by atoms with Crippen molar-refractivity contribution in [3.63, 3.8) is 0 Å². The number of aryl methyl sites for hydroxylation is 2. The molecular weight excluding hydrogens is 425 g/mol. The fraction of sp³-hybridized carbons (Fsp3) is 0.524. The molecule has 10 heteroatoms. The van der Waals surface area contributed by atoms with Gasteiger partial charge in [0.2, 0.25) is 0 Å². The summed E-state index contributed by atoms with van der Waals surface area (Å²) in [6.07, 6.45) is 1.71. The first-order valence-electron chi connectivity index (χ1n) is 10.5. The van der Waals surface area contributed by atoms with E-state index >= 15 is 0 Å². The van der Waals surface area contributed by atoms with Crippen molar-refractivity contribution in [1.29, 1.82) is 0 Å². The lowest BCUT2D eigenvalue weighted by Gasteiger charge is -2.20. The van der Waals surface area contributed by atoms with Crippen LogP contribution in [0.4, 0.5) is 13.2 Å². The summed E-state index contributed by atoms with van der Waals surface area (Å²) in [5, 5.41) is 9.40. The maximum atomic E-state index is 13.0. The minimum absolute atomic E-state index is 0.200. The van der Waals surface area contributed by atoms with Crippen LogP contribution in [0.5, 0.6) is 0 Å². The molecule has 0 aliphatic heterocycles. The predicted octanol–water partition coefficient (Wildman–Crippen LogP) is 5.18. The van der Waals surface area contributed by atoms with Crippen LogP contribution in [0.25, 0.3) is 15.9 Å². The van der Waals surface area contributed by atoms with Crippen molar-refractivity contribution in [2.75, 3.05) is 0 Å². The first kappa shape index (κ1) is 20.4. The molecule has 31 heavy (non-hydrogen) atoms. The standard InChI is InChI=1S/C21H23F3N6S/c1-4-13-5-6-14-15(8-13)31-20-17(14)19-26-18(28-30(19)10-25-20)11(2)9-29-12(3)7-16(27-29)21(22,23)24/h7,10-11,13H,4-6,8-9H2,1-3H3/t11-,13-/m1/s1. The van der Waals surface area contributed by atoms with Gasteiger partial charge in [-0.05, 0) is 43.7 Å². The fourth-order valence-corrected chi connectivity index (χ4v) is 5.69. The number of fused-ring (bicyclic) bond motifs is 5. The van der Waals surface area contributed by atoms with Crippen LogP contribution in [-0.4, -0.2) is 29.4 Å². The van der Waals surface area contributed by atoms with E-state index in [9.17, 15) is 13.2 Å². The summed E-state index contributed by atoms with van der Waals surface area (Å²) in [5.74, 6) is 1.11. The van der Waals surface area contributed by atoms with Gasteiger partial charge in [-0.1, -0.05) is 20.3 Å². The average molecular weight is 449 g/mol. The van der Waals surface area contributed by atoms with E-state index in [0.29, 0.717) is 11.5 Å². The van der Waals surface area contributed by atoms with Gasteiger partial charge in [-0.3, -0.25) is 4.68 Å². The zero-order valence-electron chi connectivity index (χ0n) is 17.6. The molecule has 0 aromatic carbocycles. The van der Waals surface area contributed by atoms with Gasteiger partial charge in [-0.2, -0.15) is 18.3 Å². The van der Waals surface area contributed by atoms with Gasteiger partial charge in [0.15, 0.2) is 17.2 Å². The van der Waals surface area contributed by atoms with Crippen molar-refractivity contribution in [3.8, 4) is 0 Å². The van der Waals surface area contributed by atoms with Crippen LogP contribution < -0.4 is 0 Å². The molecular formula is C21H23F3N6S. The Morgan fingerprint density at radius 1 is 1.29 bits per heavy atom. The normalized spacial score (nSPS) is 18.1. The number of hydrogen-bond acceptors (Lipinski definition) is 5. The van der Waals surface area contributed by atoms with Crippen LogP contribution in [0.3, 0.4) is 0 Å². The highest BCUT2D eigenvalue weighted by Crippen LogP contribution is 2.39. The van der Waals surface area contributed by atoms with Crippen LogP contribution in [0, 0.1) is 12.8 Å². The molecule has 0 N–H and O–H groups in total. The summed E-state index contributed by atoms with van der Waals surface area (Å²) in [5.41, 5.74) is 1.71. The molecule has 6 nitrogen and oxygen atoms in total. The first-order chi connectivity index (χ1) is 14.7. The van der Waals surface area contributed by atoms with E-state index in [1.807, 2.05) is 6.92 Å². The van der Waals surface area contributed by atoms with Gasteiger partial charge >= 0.3 is 6.18 Å². The first-order valence-corrected chi connectivity index (χ1v) is 11.3. The third-order valence-electron chi connectivity index (χ3n) is 6.24. The molecule has 2 atom stereocenters. The molecule has 0 bridgehead atoms. The molecule has 0 spiro atoms. The van der Waals surface area contributed by atoms with Gasteiger partial charge in [0.05, 0.1) is 11.9 Å². The van der Waals surface area contributed by atoms with Gasteiger partial charge in [0.1, 0.15) is 11.2 Å². The van der Waals surface area contributed by atoms with Crippen LogP contribution >= 0.6 is 11.3 Å². The minimum Gasteiger partial charge on any atom is -0.269 e. The topological polar surface area (TPSA) is 60.9 Å². The molecule has 0 saturated heterocycles. The molecule has 0 fully saturated rings. The Kier molecular flexibility index (Phi) is 4.80. The Hall–Kier alpha value is -2.49. The van der Waals surface area contributed by atoms with Crippen molar-refractivity contribution in [2.24, 2.45) is 5.92 Å². The highest BCUT2D eigenvalue weighted by atomic mass is 32.1. The maximum Gasteiger partial charge on any atom is 0.435 e. The highest BCUT2D eigenvalue weighted by Gasteiger charge is 2.34. The van der Waals surface area contributed by atoms with E-state index in [1.165, 1.54) is 28.0 Å². The van der Waals surface area contributed by atoms with Crippen molar-refractivity contribution in [3.05, 3.63) is 40.0 Å². The molecule has 4 aromatic heterocycles. The largest absolute Gasteiger partial charge is 0.435 e. The Bertz CT molecular complexity index is 1270. The molecule has 4 aromatic rings.